The van der Waals surface area contributed by atoms with Gasteiger partial charge >= 0.3 is 5.97 Å². The van der Waals surface area contributed by atoms with E-state index in [4.69, 9.17) is 5.11 Å². The first-order chi connectivity index (χ1) is 11.6. The van der Waals surface area contributed by atoms with Gasteiger partial charge in [-0.1, -0.05) is 0 Å². The van der Waals surface area contributed by atoms with Crippen molar-refractivity contribution in [2.45, 2.75) is 38.6 Å². The normalized spacial score (nSPS) is 16.6. The van der Waals surface area contributed by atoms with Crippen LogP contribution in [0.3, 0.4) is 0 Å². The van der Waals surface area contributed by atoms with Crippen molar-refractivity contribution in [3.05, 3.63) is 33.9 Å². The summed E-state index contributed by atoms with van der Waals surface area (Å²) in [6.45, 7) is 0.847. The molecule has 0 spiro atoms. The first-order valence-corrected chi connectivity index (χ1v) is 8.19. The van der Waals surface area contributed by atoms with Gasteiger partial charge in [-0.25, -0.2) is 4.79 Å². The Bertz CT molecular complexity index is 835. The Kier molecular flexibility index (Phi) is 3.40. The lowest BCUT2D eigenvalue weighted by Crippen LogP contribution is -2.37. The number of nitrogens with one attached hydrogen (secondary N) is 1. The van der Waals surface area contributed by atoms with Crippen LogP contribution in [-0.2, 0) is 32.9 Å². The van der Waals surface area contributed by atoms with Crippen LogP contribution in [0.15, 0.2) is 0 Å². The molecular weight excluding hydrogens is 310 g/mol. The molecule has 4 rings (SSSR count). The fourth-order valence-electron chi connectivity index (χ4n) is 3.77. The average molecular weight is 329 g/mol. The van der Waals surface area contributed by atoms with E-state index in [-0.39, 0.29) is 11.6 Å². The van der Waals surface area contributed by atoms with Crippen LogP contribution < -0.4 is 0 Å². The molecule has 0 radical (unpaired) electrons. The number of H-pyrrole nitrogens is 1. The number of aromatic amines is 1. The van der Waals surface area contributed by atoms with Crippen molar-refractivity contribution in [1.29, 1.82) is 0 Å². The van der Waals surface area contributed by atoms with Crippen LogP contribution >= 0.6 is 0 Å². The number of carboxylic acid groups (broad SMARTS) is 1. The third-order valence-electron chi connectivity index (χ3n) is 4.94. The number of nitrogens with zero attached hydrogens (tertiary/aromatic N) is 4. The summed E-state index contributed by atoms with van der Waals surface area (Å²) < 4.78 is 1.70. The molecule has 1 aliphatic carbocycles. The Morgan fingerprint density at radius 3 is 2.75 bits per heavy atom. The van der Waals surface area contributed by atoms with Gasteiger partial charge in [0, 0.05) is 24.7 Å². The van der Waals surface area contributed by atoms with E-state index in [1.165, 1.54) is 0 Å². The predicted molar refractivity (Wildman–Crippen MR) is 83.8 cm³/mol. The minimum Gasteiger partial charge on any atom is -0.476 e. The van der Waals surface area contributed by atoms with Crippen LogP contribution in [0.4, 0.5) is 0 Å². The van der Waals surface area contributed by atoms with Crippen LogP contribution in [0.25, 0.3) is 0 Å². The predicted octanol–water partition coefficient (Wildman–Crippen LogP) is 0.919. The van der Waals surface area contributed by atoms with Gasteiger partial charge < -0.3 is 10.0 Å². The summed E-state index contributed by atoms with van der Waals surface area (Å²) in [7, 11) is 1.82. The number of carboxylic acids is 1. The molecule has 8 heteroatoms. The smallest absolute Gasteiger partial charge is 0.356 e. The van der Waals surface area contributed by atoms with E-state index in [1.807, 2.05) is 7.05 Å². The molecule has 8 nitrogen and oxygen atoms in total. The maximum absolute atomic E-state index is 13.0. The van der Waals surface area contributed by atoms with Gasteiger partial charge in [0.2, 0.25) is 0 Å². The van der Waals surface area contributed by atoms with Crippen LogP contribution in [0.2, 0.25) is 0 Å². The highest BCUT2D eigenvalue weighted by molar-refractivity contribution is 5.95. The molecule has 1 aliphatic heterocycles. The second-order valence-corrected chi connectivity index (χ2v) is 6.42. The lowest BCUT2D eigenvalue weighted by Gasteiger charge is -2.27. The minimum atomic E-state index is -1.03. The fourth-order valence-corrected chi connectivity index (χ4v) is 3.77. The Balaban J connectivity index is 1.62. The third-order valence-corrected chi connectivity index (χ3v) is 4.94. The summed E-state index contributed by atoms with van der Waals surface area (Å²) in [6, 6.07) is 0. The third kappa shape index (κ3) is 2.21. The van der Waals surface area contributed by atoms with Gasteiger partial charge in [-0.2, -0.15) is 10.2 Å². The Morgan fingerprint density at radius 1 is 1.17 bits per heavy atom. The first-order valence-electron chi connectivity index (χ1n) is 8.19. The highest BCUT2D eigenvalue weighted by Gasteiger charge is 2.31. The minimum absolute atomic E-state index is 0.0368. The van der Waals surface area contributed by atoms with E-state index in [2.05, 4.69) is 15.3 Å². The fraction of sp³-hybridized carbons (Fsp3) is 0.500. The molecule has 0 saturated heterocycles. The number of amides is 1. The van der Waals surface area contributed by atoms with Crippen molar-refractivity contribution in [2.24, 2.45) is 7.05 Å². The molecule has 0 fully saturated rings. The number of carbonyl (C=O) groups is 2. The average Bonchev–Trinajstić information content (AvgIpc) is 3.13. The summed E-state index contributed by atoms with van der Waals surface area (Å²) in [5.41, 5.74) is 4.28. The van der Waals surface area contributed by atoms with E-state index in [0.717, 1.165) is 36.9 Å². The summed E-state index contributed by atoms with van der Waals surface area (Å²) >= 11 is 0. The molecule has 2 aromatic heterocycles. The van der Waals surface area contributed by atoms with E-state index >= 15 is 0 Å². The Hall–Kier alpha value is -2.64. The van der Waals surface area contributed by atoms with Crippen molar-refractivity contribution >= 4 is 11.9 Å². The van der Waals surface area contributed by atoms with Gasteiger partial charge in [0.25, 0.3) is 5.91 Å². The van der Waals surface area contributed by atoms with E-state index < -0.39 is 5.97 Å². The SMILES string of the molecule is Cn1nc2c(c1C(=O)N1CCc3c(C(=O)O)n[nH]c3C1)CCCC2. The zero-order valence-corrected chi connectivity index (χ0v) is 13.5. The monoisotopic (exact) mass is 329 g/mol. The highest BCUT2D eigenvalue weighted by Crippen LogP contribution is 2.27. The van der Waals surface area contributed by atoms with E-state index in [1.54, 1.807) is 9.58 Å². The van der Waals surface area contributed by atoms with Crippen LogP contribution in [-0.4, -0.2) is 48.4 Å². The topological polar surface area (TPSA) is 104 Å². The van der Waals surface area contributed by atoms with Crippen LogP contribution in [0.1, 0.15) is 56.3 Å². The molecule has 126 valence electrons. The number of rotatable bonds is 2. The molecule has 0 bridgehead atoms. The van der Waals surface area contributed by atoms with Crippen molar-refractivity contribution in [1.82, 2.24) is 24.9 Å². The second-order valence-electron chi connectivity index (χ2n) is 6.42. The van der Waals surface area contributed by atoms with Gasteiger partial charge in [0.15, 0.2) is 5.69 Å². The molecule has 0 aromatic carbocycles. The zero-order valence-electron chi connectivity index (χ0n) is 13.5. The van der Waals surface area contributed by atoms with Gasteiger partial charge in [0.05, 0.1) is 17.9 Å². The second kappa shape index (κ2) is 5.47. The lowest BCUT2D eigenvalue weighted by atomic mass is 9.95. The largest absolute Gasteiger partial charge is 0.476 e. The number of aromatic carboxylic acids is 1. The molecule has 3 heterocycles. The van der Waals surface area contributed by atoms with Gasteiger partial charge in [0.1, 0.15) is 5.69 Å². The molecule has 1 amide bonds. The van der Waals surface area contributed by atoms with Crippen molar-refractivity contribution in [3.63, 3.8) is 0 Å². The van der Waals surface area contributed by atoms with Crippen molar-refractivity contribution in [2.75, 3.05) is 6.54 Å². The summed E-state index contributed by atoms with van der Waals surface area (Å²) in [5, 5.41) is 20.3. The van der Waals surface area contributed by atoms with E-state index in [9.17, 15) is 9.59 Å². The van der Waals surface area contributed by atoms with Gasteiger partial charge in [-0.3, -0.25) is 14.6 Å². The molecular formula is C16H19N5O3. The number of aromatic nitrogens is 4. The van der Waals surface area contributed by atoms with Gasteiger partial charge in [-0.15, -0.1) is 0 Å². The molecule has 0 saturated carbocycles. The molecule has 2 aromatic rings. The number of hydrogen-bond acceptors (Lipinski definition) is 4. The Morgan fingerprint density at radius 2 is 1.96 bits per heavy atom. The number of carbonyl (C=O) groups excluding carboxylic acids is 1. The quantitative estimate of drug-likeness (QED) is 0.852. The molecule has 0 unspecified atom stereocenters. The highest BCUT2D eigenvalue weighted by atomic mass is 16.4. The number of aryl methyl sites for hydroxylation is 2. The Labute approximate surface area is 138 Å². The maximum atomic E-state index is 13.0. The van der Waals surface area contributed by atoms with Crippen LogP contribution in [0, 0.1) is 0 Å². The van der Waals surface area contributed by atoms with E-state index in [0.29, 0.717) is 36.5 Å². The van der Waals surface area contributed by atoms with Crippen molar-refractivity contribution in [3.8, 4) is 0 Å². The summed E-state index contributed by atoms with van der Waals surface area (Å²) in [5.74, 6) is -1.07. The number of hydrogen-bond donors (Lipinski definition) is 2. The zero-order chi connectivity index (χ0) is 16.8. The summed E-state index contributed by atoms with van der Waals surface area (Å²) in [4.78, 5) is 25.9. The molecule has 2 N–H and O–H groups in total. The van der Waals surface area contributed by atoms with Crippen LogP contribution in [0.5, 0.6) is 0 Å². The van der Waals surface area contributed by atoms with Gasteiger partial charge in [-0.05, 0) is 32.1 Å². The first kappa shape index (κ1) is 14.9. The summed E-state index contributed by atoms with van der Waals surface area (Å²) in [6.07, 6.45) is 4.54. The number of fused-ring (bicyclic) bond motifs is 2. The molecule has 2 aliphatic rings. The molecule has 0 atom stereocenters. The molecule has 24 heavy (non-hydrogen) atoms. The lowest BCUT2D eigenvalue weighted by molar-refractivity contribution is 0.0689. The maximum Gasteiger partial charge on any atom is 0.356 e. The van der Waals surface area contributed by atoms with Crippen molar-refractivity contribution < 1.29 is 14.7 Å². The standard InChI is InChI=1S/C16H19N5O3/c1-20-14(10-4-2-3-5-11(10)19-20)15(22)21-7-6-9-12(8-21)17-18-13(9)16(23)24/h2-8H2,1H3,(H,17,18)(H,23,24).